The van der Waals surface area contributed by atoms with Crippen LogP contribution >= 0.6 is 0 Å². The normalized spacial score (nSPS) is 21.2. The number of rotatable bonds is 7. The van der Waals surface area contributed by atoms with Crippen molar-refractivity contribution in [2.24, 2.45) is 0 Å². The maximum absolute atomic E-state index is 5.45. The van der Waals surface area contributed by atoms with Gasteiger partial charge in [0.05, 0.1) is 13.2 Å². The molecule has 0 aromatic heterocycles. The summed E-state index contributed by atoms with van der Waals surface area (Å²) in [6, 6.07) is 0. The molecule has 96 valence electrons. The van der Waals surface area contributed by atoms with Crippen LogP contribution in [0.2, 0.25) is 0 Å². The molecule has 1 N–H and O–H groups in total. The Morgan fingerprint density at radius 1 is 1.25 bits per heavy atom. The third-order valence-corrected chi connectivity index (χ3v) is 2.85. The first-order valence-corrected chi connectivity index (χ1v) is 6.18. The van der Waals surface area contributed by atoms with Gasteiger partial charge in [0.25, 0.3) is 0 Å². The van der Waals surface area contributed by atoms with E-state index in [2.05, 4.69) is 24.1 Å². The second-order valence-corrected chi connectivity index (χ2v) is 5.05. The Balaban J connectivity index is 2.00. The summed E-state index contributed by atoms with van der Waals surface area (Å²) in [4.78, 5) is 2.51. The van der Waals surface area contributed by atoms with Crippen LogP contribution < -0.4 is 5.32 Å². The van der Waals surface area contributed by atoms with Crippen molar-refractivity contribution in [3.05, 3.63) is 0 Å². The fraction of sp³-hybridized carbons (Fsp3) is 1.00. The van der Waals surface area contributed by atoms with E-state index in [-0.39, 0.29) is 5.54 Å². The second-order valence-electron chi connectivity index (χ2n) is 5.05. The molecule has 16 heavy (non-hydrogen) atoms. The van der Waals surface area contributed by atoms with Crippen LogP contribution in [0.5, 0.6) is 0 Å². The summed E-state index contributed by atoms with van der Waals surface area (Å²) in [7, 11) is 1.70. The molecule has 0 aliphatic carbocycles. The minimum atomic E-state index is 0.259. The van der Waals surface area contributed by atoms with E-state index in [9.17, 15) is 0 Å². The van der Waals surface area contributed by atoms with Gasteiger partial charge in [-0.25, -0.2) is 0 Å². The van der Waals surface area contributed by atoms with E-state index in [1.807, 2.05) is 0 Å². The maximum atomic E-state index is 5.45. The zero-order valence-corrected chi connectivity index (χ0v) is 10.9. The number of ether oxygens (including phenoxy) is 2. The molecule has 1 rings (SSSR count). The third kappa shape index (κ3) is 5.80. The molecule has 0 saturated carbocycles. The standard InChI is InChI=1S/C12H26N2O2/c1-12(2)11-14(7-5-13-12)6-4-8-16-10-9-15-3/h13H,4-11H2,1-3H3. The smallest absolute Gasteiger partial charge is 0.0700 e. The Morgan fingerprint density at radius 2 is 2.06 bits per heavy atom. The maximum Gasteiger partial charge on any atom is 0.0700 e. The largest absolute Gasteiger partial charge is 0.382 e. The first-order chi connectivity index (χ1) is 7.64. The number of hydrogen-bond donors (Lipinski definition) is 1. The molecule has 1 aliphatic rings. The van der Waals surface area contributed by atoms with Crippen LogP contribution in [-0.4, -0.2) is 63.5 Å². The van der Waals surface area contributed by atoms with Crippen LogP contribution in [-0.2, 0) is 9.47 Å². The summed E-state index contributed by atoms with van der Waals surface area (Å²) in [6.07, 6.45) is 1.11. The molecule has 4 heteroatoms. The molecule has 0 radical (unpaired) electrons. The van der Waals surface area contributed by atoms with Gasteiger partial charge in [-0.05, 0) is 20.3 Å². The van der Waals surface area contributed by atoms with E-state index in [0.29, 0.717) is 13.2 Å². The fourth-order valence-electron chi connectivity index (χ4n) is 2.07. The van der Waals surface area contributed by atoms with E-state index in [0.717, 1.165) is 39.2 Å². The van der Waals surface area contributed by atoms with Gasteiger partial charge < -0.3 is 19.7 Å². The zero-order chi connectivity index (χ0) is 11.9. The molecule has 0 bridgehead atoms. The Morgan fingerprint density at radius 3 is 2.75 bits per heavy atom. The van der Waals surface area contributed by atoms with Crippen molar-refractivity contribution in [2.75, 3.05) is 53.1 Å². The molecular formula is C12H26N2O2. The number of nitrogens with one attached hydrogen (secondary N) is 1. The molecule has 1 fully saturated rings. The SMILES string of the molecule is COCCOCCCN1CCNC(C)(C)C1. The Hall–Kier alpha value is -0.160. The summed E-state index contributed by atoms with van der Waals surface area (Å²) in [5.41, 5.74) is 0.259. The monoisotopic (exact) mass is 230 g/mol. The van der Waals surface area contributed by atoms with Crippen LogP contribution in [0.1, 0.15) is 20.3 Å². The zero-order valence-electron chi connectivity index (χ0n) is 10.9. The molecule has 0 unspecified atom stereocenters. The van der Waals surface area contributed by atoms with E-state index in [4.69, 9.17) is 9.47 Å². The highest BCUT2D eigenvalue weighted by atomic mass is 16.5. The van der Waals surface area contributed by atoms with Crippen molar-refractivity contribution in [1.29, 1.82) is 0 Å². The minimum absolute atomic E-state index is 0.259. The Bertz CT molecular complexity index is 186. The summed E-state index contributed by atoms with van der Waals surface area (Å²) in [5.74, 6) is 0. The van der Waals surface area contributed by atoms with Crippen LogP contribution in [0.15, 0.2) is 0 Å². The lowest BCUT2D eigenvalue weighted by Crippen LogP contribution is -2.57. The van der Waals surface area contributed by atoms with Crippen molar-refractivity contribution in [2.45, 2.75) is 25.8 Å². The van der Waals surface area contributed by atoms with Crippen LogP contribution in [0, 0.1) is 0 Å². The summed E-state index contributed by atoms with van der Waals surface area (Å²) in [6.45, 7) is 11.3. The lowest BCUT2D eigenvalue weighted by atomic mass is 10.0. The lowest BCUT2D eigenvalue weighted by Gasteiger charge is -2.39. The van der Waals surface area contributed by atoms with Gasteiger partial charge in [-0.2, -0.15) is 0 Å². The highest BCUT2D eigenvalue weighted by Gasteiger charge is 2.24. The van der Waals surface area contributed by atoms with Gasteiger partial charge in [-0.1, -0.05) is 0 Å². The number of piperazine rings is 1. The molecule has 0 amide bonds. The predicted octanol–water partition coefficient (Wildman–Crippen LogP) is 0.723. The average Bonchev–Trinajstić information content (AvgIpc) is 2.22. The van der Waals surface area contributed by atoms with Gasteiger partial charge in [-0.3, -0.25) is 0 Å². The summed E-state index contributed by atoms with van der Waals surface area (Å²) in [5, 5.41) is 3.52. The van der Waals surface area contributed by atoms with Gasteiger partial charge in [0, 0.05) is 45.4 Å². The van der Waals surface area contributed by atoms with Crippen LogP contribution in [0.3, 0.4) is 0 Å². The second kappa shape index (κ2) is 7.22. The fourth-order valence-corrected chi connectivity index (χ4v) is 2.07. The van der Waals surface area contributed by atoms with E-state index >= 15 is 0 Å². The highest BCUT2D eigenvalue weighted by Crippen LogP contribution is 2.10. The van der Waals surface area contributed by atoms with E-state index < -0.39 is 0 Å². The first-order valence-electron chi connectivity index (χ1n) is 6.18. The van der Waals surface area contributed by atoms with Crippen molar-refractivity contribution < 1.29 is 9.47 Å². The molecular weight excluding hydrogens is 204 g/mol. The first kappa shape index (κ1) is 13.9. The quantitative estimate of drug-likeness (QED) is 0.654. The Kier molecular flexibility index (Phi) is 6.28. The number of methoxy groups -OCH3 is 1. The van der Waals surface area contributed by atoms with E-state index in [1.165, 1.54) is 0 Å². The van der Waals surface area contributed by atoms with Gasteiger partial charge in [0.15, 0.2) is 0 Å². The van der Waals surface area contributed by atoms with Gasteiger partial charge in [-0.15, -0.1) is 0 Å². The van der Waals surface area contributed by atoms with Crippen molar-refractivity contribution in [3.63, 3.8) is 0 Å². The number of nitrogens with zero attached hydrogens (tertiary/aromatic N) is 1. The molecule has 1 aliphatic heterocycles. The lowest BCUT2D eigenvalue weighted by molar-refractivity contribution is 0.0615. The van der Waals surface area contributed by atoms with Gasteiger partial charge in [0.1, 0.15) is 0 Å². The topological polar surface area (TPSA) is 33.7 Å². The average molecular weight is 230 g/mol. The van der Waals surface area contributed by atoms with Crippen molar-refractivity contribution in [1.82, 2.24) is 10.2 Å². The summed E-state index contributed by atoms with van der Waals surface area (Å²) < 4.78 is 10.4. The van der Waals surface area contributed by atoms with Crippen molar-refractivity contribution in [3.8, 4) is 0 Å². The summed E-state index contributed by atoms with van der Waals surface area (Å²) >= 11 is 0. The highest BCUT2D eigenvalue weighted by molar-refractivity contribution is 4.86. The van der Waals surface area contributed by atoms with Crippen LogP contribution in [0.25, 0.3) is 0 Å². The molecule has 1 heterocycles. The van der Waals surface area contributed by atoms with Gasteiger partial charge in [0.2, 0.25) is 0 Å². The molecule has 4 nitrogen and oxygen atoms in total. The molecule has 0 atom stereocenters. The Labute approximate surface area is 99.3 Å². The minimum Gasteiger partial charge on any atom is -0.382 e. The molecule has 0 aromatic rings. The third-order valence-electron chi connectivity index (χ3n) is 2.85. The van der Waals surface area contributed by atoms with Crippen molar-refractivity contribution >= 4 is 0 Å². The predicted molar refractivity (Wildman–Crippen MR) is 65.8 cm³/mol. The van der Waals surface area contributed by atoms with Crippen LogP contribution in [0.4, 0.5) is 0 Å². The number of hydrogen-bond acceptors (Lipinski definition) is 4. The molecule has 1 saturated heterocycles. The van der Waals surface area contributed by atoms with Gasteiger partial charge >= 0.3 is 0 Å². The molecule has 0 spiro atoms. The molecule has 0 aromatic carbocycles. The van der Waals surface area contributed by atoms with E-state index in [1.54, 1.807) is 7.11 Å².